The van der Waals surface area contributed by atoms with Crippen LogP contribution in [0, 0.1) is 0 Å². The normalized spacial score (nSPS) is 10.7. The molecule has 0 saturated carbocycles. The van der Waals surface area contributed by atoms with Crippen LogP contribution < -0.4 is 20.3 Å². The molecule has 0 saturated heterocycles. The average Bonchev–Trinajstić information content (AvgIpc) is 3.00. The summed E-state index contributed by atoms with van der Waals surface area (Å²) in [6.45, 7) is 0.626. The molecule has 4 aromatic rings. The maximum atomic E-state index is 12.7. The molecule has 0 atom stereocenters. The molecule has 0 bridgehead atoms. The molecule has 0 unspecified atom stereocenters. The molecule has 45 heavy (non-hydrogen) atoms. The third kappa shape index (κ3) is 8.93. The zero-order chi connectivity index (χ0) is 32.5. The van der Waals surface area contributed by atoms with Crippen molar-refractivity contribution >= 4 is 75.6 Å². The number of benzene rings is 4. The van der Waals surface area contributed by atoms with Crippen molar-refractivity contribution in [1.29, 1.82) is 0 Å². The molecule has 14 heteroatoms. The van der Waals surface area contributed by atoms with Crippen molar-refractivity contribution in [3.8, 4) is 11.5 Å². The van der Waals surface area contributed by atoms with Gasteiger partial charge in [0.15, 0.2) is 0 Å². The highest BCUT2D eigenvalue weighted by Gasteiger charge is 2.23. The number of rotatable bonds is 14. The second-order valence-electron chi connectivity index (χ2n) is 9.22. The van der Waals surface area contributed by atoms with Crippen molar-refractivity contribution in [1.82, 2.24) is 0 Å². The summed E-state index contributed by atoms with van der Waals surface area (Å²) >= 11 is 24.1. The summed E-state index contributed by atoms with van der Waals surface area (Å²) in [6.07, 6.45) is 0.582. The smallest absolute Gasteiger partial charge is 0.338 e. The van der Waals surface area contributed by atoms with Gasteiger partial charge >= 0.3 is 11.9 Å². The summed E-state index contributed by atoms with van der Waals surface area (Å²) in [6, 6.07) is 19.1. The molecular weight excluding hydrogens is 670 g/mol. The molecule has 0 radical (unpaired) electrons. The number of nitrogens with one attached hydrogen (secondary N) is 2. The highest BCUT2D eigenvalue weighted by molar-refractivity contribution is 6.39. The first-order valence-electron chi connectivity index (χ1n) is 13.1. The van der Waals surface area contributed by atoms with E-state index in [-0.39, 0.29) is 49.0 Å². The van der Waals surface area contributed by atoms with E-state index < -0.39 is 17.8 Å². The quantitative estimate of drug-likeness (QED) is 0.0757. The van der Waals surface area contributed by atoms with Gasteiger partial charge in [0.2, 0.25) is 0 Å². The van der Waals surface area contributed by atoms with Crippen LogP contribution in [-0.4, -0.2) is 41.3 Å². The van der Waals surface area contributed by atoms with Crippen molar-refractivity contribution in [3.63, 3.8) is 0 Å². The Balaban J connectivity index is 1.18. The number of anilines is 2. The minimum Gasteiger partial charge on any atom is -0.493 e. The highest BCUT2D eigenvalue weighted by atomic mass is 35.5. The van der Waals surface area contributed by atoms with Gasteiger partial charge in [0.05, 0.1) is 50.7 Å². The topological polar surface area (TPSA) is 143 Å². The number of carbonyl (C=O) groups excluding carboxylic acids is 1. The molecule has 0 aromatic heterocycles. The van der Waals surface area contributed by atoms with E-state index in [1.165, 1.54) is 24.3 Å². The number of carbonyl (C=O) groups is 3. The van der Waals surface area contributed by atoms with Crippen molar-refractivity contribution in [2.24, 2.45) is 0 Å². The third-order valence-electron chi connectivity index (χ3n) is 6.16. The monoisotopic (exact) mass is 692 g/mol. The lowest BCUT2D eigenvalue weighted by Gasteiger charge is -2.13. The van der Waals surface area contributed by atoms with Crippen LogP contribution in [0.25, 0.3) is 0 Å². The van der Waals surface area contributed by atoms with Gasteiger partial charge < -0.3 is 25.0 Å². The molecule has 234 valence electrons. The van der Waals surface area contributed by atoms with Gasteiger partial charge in [-0.25, -0.2) is 9.59 Å². The van der Waals surface area contributed by atoms with Crippen LogP contribution in [0.1, 0.15) is 43.1 Å². The second-order valence-corrected chi connectivity index (χ2v) is 10.8. The number of carboxylic acid groups (broad SMARTS) is 2. The van der Waals surface area contributed by atoms with Gasteiger partial charge in [0.25, 0.3) is 5.91 Å². The number of ether oxygens (including phenoxy) is 2. The molecule has 0 aliphatic heterocycles. The van der Waals surface area contributed by atoms with Gasteiger partial charge in [-0.2, -0.15) is 0 Å². The molecule has 10 nitrogen and oxygen atoms in total. The molecule has 4 aromatic carbocycles. The van der Waals surface area contributed by atoms with E-state index in [0.717, 1.165) is 0 Å². The maximum absolute atomic E-state index is 12.7. The molecule has 1 amide bonds. The number of amides is 1. The fourth-order valence-electron chi connectivity index (χ4n) is 4.03. The largest absolute Gasteiger partial charge is 0.493 e. The summed E-state index contributed by atoms with van der Waals surface area (Å²) in [7, 11) is 0. The van der Waals surface area contributed by atoms with Crippen LogP contribution in [0.2, 0.25) is 20.1 Å². The Hall–Kier alpha value is -4.19. The Morgan fingerprint density at radius 1 is 0.600 bits per heavy atom. The van der Waals surface area contributed by atoms with E-state index in [1.54, 1.807) is 48.5 Å². The molecular formula is C31H24Cl4N2O8. The fourth-order valence-corrected chi connectivity index (χ4v) is 4.98. The van der Waals surface area contributed by atoms with Gasteiger partial charge in [0, 0.05) is 22.7 Å². The van der Waals surface area contributed by atoms with Crippen LogP contribution in [0.4, 0.5) is 11.4 Å². The second kappa shape index (κ2) is 15.7. The predicted molar refractivity (Wildman–Crippen MR) is 172 cm³/mol. The fraction of sp³-hybridized carbons (Fsp3) is 0.129. The summed E-state index contributed by atoms with van der Waals surface area (Å²) in [5.74, 6) is -2.09. The lowest BCUT2D eigenvalue weighted by Crippen LogP contribution is -2.17. The van der Waals surface area contributed by atoms with E-state index in [2.05, 4.69) is 10.8 Å². The summed E-state index contributed by atoms with van der Waals surface area (Å²) in [5, 5.41) is 21.6. The number of aromatic carboxylic acids is 2. The number of carboxylic acids is 2. The van der Waals surface area contributed by atoms with E-state index in [1.807, 2.05) is 0 Å². The van der Waals surface area contributed by atoms with Crippen LogP contribution >= 0.6 is 46.4 Å². The van der Waals surface area contributed by atoms with Gasteiger partial charge in [-0.1, -0.05) is 46.4 Å². The van der Waals surface area contributed by atoms with Crippen molar-refractivity contribution in [3.05, 3.63) is 115 Å². The van der Waals surface area contributed by atoms with E-state index in [9.17, 15) is 24.6 Å². The Kier molecular flexibility index (Phi) is 11.8. The first kappa shape index (κ1) is 33.7. The zero-order valence-electron chi connectivity index (χ0n) is 23.1. The number of hydrogen-bond donors (Lipinski definition) is 4. The molecule has 4 rings (SSSR count). The third-order valence-corrected chi connectivity index (χ3v) is 7.46. The Bertz CT molecular complexity index is 1700. The van der Waals surface area contributed by atoms with Crippen molar-refractivity contribution in [2.75, 3.05) is 24.0 Å². The van der Waals surface area contributed by atoms with E-state index >= 15 is 0 Å². The summed E-state index contributed by atoms with van der Waals surface area (Å²) < 4.78 is 11.5. The van der Waals surface area contributed by atoms with Gasteiger partial charge in [-0.3, -0.25) is 15.1 Å². The minimum absolute atomic E-state index is 0.0357. The highest BCUT2D eigenvalue weighted by Crippen LogP contribution is 2.30. The van der Waals surface area contributed by atoms with Crippen LogP contribution in [0.15, 0.2) is 72.8 Å². The van der Waals surface area contributed by atoms with Gasteiger partial charge in [0.1, 0.15) is 18.1 Å². The lowest BCUT2D eigenvalue weighted by atomic mass is 10.1. The van der Waals surface area contributed by atoms with Crippen molar-refractivity contribution in [2.45, 2.75) is 13.0 Å². The van der Waals surface area contributed by atoms with E-state index in [4.69, 9.17) is 60.7 Å². The van der Waals surface area contributed by atoms with Crippen molar-refractivity contribution < 1.29 is 38.9 Å². The molecule has 0 fully saturated rings. The molecule has 0 spiro atoms. The van der Waals surface area contributed by atoms with Gasteiger partial charge in [-0.15, -0.1) is 0 Å². The Morgan fingerprint density at radius 2 is 1.07 bits per heavy atom. The molecule has 0 aliphatic carbocycles. The molecule has 0 heterocycles. The standard InChI is InChI=1S/C31H24Cl4N2O8/c32-22-10-11-23(33)26(30(39)40)21(22)16-45-37-18-4-8-20(9-5-18)44-15-1-14-43-19-6-2-17(3-7-19)36-29(38)27-24(34)12-13-25(35)28(27)31(41)42/h2-13,37H,1,14-16H2,(H,36,38)(H,39,40)(H,41,42). The average molecular weight is 694 g/mol. The minimum atomic E-state index is -1.37. The lowest BCUT2D eigenvalue weighted by molar-refractivity contribution is 0.0682. The summed E-state index contributed by atoms with van der Waals surface area (Å²) in [4.78, 5) is 41.3. The first-order chi connectivity index (χ1) is 21.5. The summed E-state index contributed by atoms with van der Waals surface area (Å²) in [5.41, 5.74) is 3.28. The van der Waals surface area contributed by atoms with Crippen LogP contribution in [0.5, 0.6) is 11.5 Å². The molecule has 4 N–H and O–H groups in total. The first-order valence-corrected chi connectivity index (χ1v) is 14.6. The SMILES string of the molecule is O=C(O)c1c(Cl)ccc(Cl)c1CONc1ccc(OCCCOc2ccc(NC(=O)c3c(Cl)ccc(Cl)c3C(=O)O)cc2)cc1. The van der Waals surface area contributed by atoms with Gasteiger partial charge in [-0.05, 0) is 72.8 Å². The van der Waals surface area contributed by atoms with Crippen LogP contribution in [0.3, 0.4) is 0 Å². The Morgan fingerprint density at radius 3 is 1.60 bits per heavy atom. The number of hydrogen-bond acceptors (Lipinski definition) is 7. The van der Waals surface area contributed by atoms with Crippen LogP contribution in [-0.2, 0) is 11.4 Å². The predicted octanol–water partition coefficient (Wildman–Crippen LogP) is 8.34. The number of halogens is 4. The Labute approximate surface area is 277 Å². The zero-order valence-corrected chi connectivity index (χ0v) is 26.1. The maximum Gasteiger partial charge on any atom is 0.338 e. The van der Waals surface area contributed by atoms with E-state index in [0.29, 0.717) is 42.5 Å². The molecule has 0 aliphatic rings.